The Morgan fingerprint density at radius 1 is 1.33 bits per heavy atom. The molecule has 1 aromatic carbocycles. The normalized spacial score (nSPS) is 16.6. The molecular weight excluding hydrogens is 328 g/mol. The van der Waals surface area contributed by atoms with E-state index >= 15 is 0 Å². The zero-order valence-electron chi connectivity index (χ0n) is 12.8. The maximum absolute atomic E-state index is 12.6. The minimum Gasteiger partial charge on any atom is -0.346 e. The van der Waals surface area contributed by atoms with E-state index < -0.39 is 0 Å². The molecule has 0 bridgehead atoms. The fourth-order valence-corrected chi connectivity index (χ4v) is 3.15. The average molecular weight is 343 g/mol. The van der Waals surface area contributed by atoms with E-state index in [0.29, 0.717) is 22.9 Å². The minimum atomic E-state index is -0.214. The molecule has 8 heteroatoms. The van der Waals surface area contributed by atoms with E-state index in [1.165, 1.54) is 10.9 Å². The van der Waals surface area contributed by atoms with Crippen molar-refractivity contribution in [1.29, 1.82) is 0 Å². The number of aromatic nitrogens is 5. The van der Waals surface area contributed by atoms with E-state index in [1.807, 2.05) is 18.3 Å². The molecule has 122 valence electrons. The predicted octanol–water partition coefficient (Wildman–Crippen LogP) is 1.86. The zero-order chi connectivity index (χ0) is 16.5. The summed E-state index contributed by atoms with van der Waals surface area (Å²) in [5.74, 6) is 0.844. The number of amides is 1. The molecule has 7 nitrogen and oxygen atoms in total. The van der Waals surface area contributed by atoms with Crippen LogP contribution in [-0.4, -0.2) is 36.5 Å². The van der Waals surface area contributed by atoms with Gasteiger partial charge in [0.1, 0.15) is 5.82 Å². The molecule has 2 aromatic heterocycles. The highest BCUT2D eigenvalue weighted by Gasteiger charge is 2.23. The second-order valence-corrected chi connectivity index (χ2v) is 6.09. The number of fused-ring (bicyclic) bond motifs is 1. The Morgan fingerprint density at radius 2 is 2.21 bits per heavy atom. The van der Waals surface area contributed by atoms with E-state index in [9.17, 15) is 4.79 Å². The number of aryl methyl sites for hydroxylation is 1. The topological polar surface area (TPSA) is 77.6 Å². The molecule has 1 atom stereocenters. The molecule has 0 spiro atoms. The van der Waals surface area contributed by atoms with Crippen LogP contribution in [0, 0.1) is 0 Å². The fraction of sp³-hybridized carbons (Fsp3) is 0.250. The van der Waals surface area contributed by atoms with Gasteiger partial charge < -0.3 is 9.88 Å². The minimum absolute atomic E-state index is 0.0498. The highest BCUT2D eigenvalue weighted by atomic mass is 35.5. The lowest BCUT2D eigenvalue weighted by Gasteiger charge is -2.24. The van der Waals surface area contributed by atoms with Gasteiger partial charge in [-0.15, -0.1) is 5.10 Å². The molecule has 1 N–H and O–H groups in total. The predicted molar refractivity (Wildman–Crippen MR) is 88.2 cm³/mol. The molecule has 0 saturated heterocycles. The van der Waals surface area contributed by atoms with Crippen LogP contribution in [0.2, 0.25) is 5.02 Å². The van der Waals surface area contributed by atoms with Gasteiger partial charge in [-0.2, -0.15) is 0 Å². The van der Waals surface area contributed by atoms with Crippen LogP contribution in [0.5, 0.6) is 0 Å². The standard InChI is InChI=1S/C16H15ClN6O/c17-12-3-1-2-4-13(12)23-14(9-19-21-23)16(24)20-11-5-6-15-18-7-8-22(15)10-11/h1-4,7-9,11H,5-6,10H2,(H,20,24)/t11-/m0/s1. The molecule has 0 saturated carbocycles. The summed E-state index contributed by atoms with van der Waals surface area (Å²) in [5, 5.41) is 11.4. The van der Waals surface area contributed by atoms with E-state index in [2.05, 4.69) is 25.2 Å². The van der Waals surface area contributed by atoms with Gasteiger partial charge in [0.15, 0.2) is 5.69 Å². The number of imidazole rings is 1. The Bertz CT molecular complexity index is 886. The summed E-state index contributed by atoms with van der Waals surface area (Å²) < 4.78 is 3.53. The number of para-hydroxylation sites is 1. The summed E-state index contributed by atoms with van der Waals surface area (Å²) in [6.45, 7) is 0.717. The van der Waals surface area contributed by atoms with Crippen LogP contribution < -0.4 is 5.32 Å². The van der Waals surface area contributed by atoms with E-state index in [-0.39, 0.29) is 11.9 Å². The van der Waals surface area contributed by atoms with Gasteiger partial charge in [-0.25, -0.2) is 9.67 Å². The summed E-state index contributed by atoms with van der Waals surface area (Å²) in [6.07, 6.45) is 6.87. The van der Waals surface area contributed by atoms with Crippen molar-refractivity contribution in [2.75, 3.05) is 0 Å². The Kier molecular flexibility index (Phi) is 3.78. The Balaban J connectivity index is 1.54. The second kappa shape index (κ2) is 6.09. The van der Waals surface area contributed by atoms with Crippen LogP contribution in [0.15, 0.2) is 42.9 Å². The van der Waals surface area contributed by atoms with Gasteiger partial charge >= 0.3 is 0 Å². The highest BCUT2D eigenvalue weighted by Crippen LogP contribution is 2.20. The molecule has 3 aromatic rings. The lowest BCUT2D eigenvalue weighted by atomic mass is 10.1. The number of halogens is 1. The van der Waals surface area contributed by atoms with E-state index in [1.54, 1.807) is 18.3 Å². The number of hydrogen-bond donors (Lipinski definition) is 1. The third kappa shape index (κ3) is 2.67. The Labute approximate surface area is 143 Å². The lowest BCUT2D eigenvalue weighted by Crippen LogP contribution is -2.41. The molecule has 0 aliphatic carbocycles. The van der Waals surface area contributed by atoms with Crippen LogP contribution in [0.1, 0.15) is 22.7 Å². The molecule has 1 aliphatic heterocycles. The van der Waals surface area contributed by atoms with Crippen molar-refractivity contribution in [3.05, 3.63) is 59.4 Å². The van der Waals surface area contributed by atoms with E-state index in [4.69, 9.17) is 11.6 Å². The summed E-state index contributed by atoms with van der Waals surface area (Å²) in [5.41, 5.74) is 0.988. The first kappa shape index (κ1) is 14.9. The number of benzene rings is 1. The number of nitrogens with one attached hydrogen (secondary N) is 1. The quantitative estimate of drug-likeness (QED) is 0.788. The first-order valence-electron chi connectivity index (χ1n) is 7.69. The molecule has 0 unspecified atom stereocenters. The van der Waals surface area contributed by atoms with Crippen LogP contribution >= 0.6 is 11.6 Å². The lowest BCUT2D eigenvalue weighted by molar-refractivity contribution is 0.0919. The average Bonchev–Trinajstić information content (AvgIpc) is 3.24. The molecule has 1 amide bonds. The van der Waals surface area contributed by atoms with Crippen molar-refractivity contribution in [2.24, 2.45) is 0 Å². The molecule has 0 fully saturated rings. The van der Waals surface area contributed by atoms with Gasteiger partial charge in [0.2, 0.25) is 0 Å². The maximum Gasteiger partial charge on any atom is 0.271 e. The second-order valence-electron chi connectivity index (χ2n) is 5.69. The Hall–Kier alpha value is -2.67. The van der Waals surface area contributed by atoms with Crippen molar-refractivity contribution in [3.8, 4) is 5.69 Å². The summed E-state index contributed by atoms with van der Waals surface area (Å²) in [6, 6.07) is 7.27. The van der Waals surface area contributed by atoms with E-state index in [0.717, 1.165) is 18.7 Å². The van der Waals surface area contributed by atoms with Crippen molar-refractivity contribution in [1.82, 2.24) is 29.9 Å². The summed E-state index contributed by atoms with van der Waals surface area (Å²) >= 11 is 6.20. The van der Waals surface area contributed by atoms with Gasteiger partial charge in [-0.05, 0) is 18.6 Å². The van der Waals surface area contributed by atoms with Gasteiger partial charge in [-0.3, -0.25) is 4.79 Å². The number of rotatable bonds is 3. The smallest absolute Gasteiger partial charge is 0.271 e. The largest absolute Gasteiger partial charge is 0.346 e. The zero-order valence-corrected chi connectivity index (χ0v) is 13.5. The van der Waals surface area contributed by atoms with Crippen molar-refractivity contribution < 1.29 is 4.79 Å². The highest BCUT2D eigenvalue weighted by molar-refractivity contribution is 6.32. The van der Waals surface area contributed by atoms with Gasteiger partial charge in [-0.1, -0.05) is 28.9 Å². The monoisotopic (exact) mass is 342 g/mol. The summed E-state index contributed by atoms with van der Waals surface area (Å²) in [7, 11) is 0. The SMILES string of the molecule is O=C(N[C@H]1CCc2nccn2C1)c1cnnn1-c1ccccc1Cl. The van der Waals surface area contributed by atoms with Crippen molar-refractivity contribution in [2.45, 2.75) is 25.4 Å². The van der Waals surface area contributed by atoms with Crippen LogP contribution in [0.4, 0.5) is 0 Å². The van der Waals surface area contributed by atoms with Gasteiger partial charge in [0.05, 0.1) is 16.9 Å². The summed E-state index contributed by atoms with van der Waals surface area (Å²) in [4.78, 5) is 16.9. The van der Waals surface area contributed by atoms with Crippen LogP contribution in [0.25, 0.3) is 5.69 Å². The van der Waals surface area contributed by atoms with Crippen LogP contribution in [-0.2, 0) is 13.0 Å². The molecule has 0 radical (unpaired) electrons. The third-order valence-electron chi connectivity index (χ3n) is 4.13. The first-order chi connectivity index (χ1) is 11.7. The van der Waals surface area contributed by atoms with Crippen LogP contribution in [0.3, 0.4) is 0 Å². The first-order valence-corrected chi connectivity index (χ1v) is 8.06. The molecule has 24 heavy (non-hydrogen) atoms. The van der Waals surface area contributed by atoms with Gasteiger partial charge in [0.25, 0.3) is 5.91 Å². The number of nitrogens with zero attached hydrogens (tertiary/aromatic N) is 5. The molecule has 3 heterocycles. The third-order valence-corrected chi connectivity index (χ3v) is 4.45. The number of hydrogen-bond acceptors (Lipinski definition) is 4. The van der Waals surface area contributed by atoms with Crippen molar-refractivity contribution in [3.63, 3.8) is 0 Å². The van der Waals surface area contributed by atoms with Crippen molar-refractivity contribution >= 4 is 17.5 Å². The maximum atomic E-state index is 12.6. The fourth-order valence-electron chi connectivity index (χ4n) is 2.93. The molecule has 4 rings (SSSR count). The molecule has 1 aliphatic rings. The number of carbonyl (C=O) groups excluding carboxylic acids is 1. The number of carbonyl (C=O) groups is 1. The Morgan fingerprint density at radius 3 is 3.08 bits per heavy atom. The molecular formula is C16H15ClN6O. The van der Waals surface area contributed by atoms with Gasteiger partial charge in [0, 0.05) is 31.4 Å².